The smallest absolute Gasteiger partial charge is 0.400 e. The molecule has 0 fully saturated rings. The highest BCUT2D eigenvalue weighted by Crippen LogP contribution is 2.42. The van der Waals surface area contributed by atoms with Crippen LogP contribution in [0.2, 0.25) is 0 Å². The minimum absolute atomic E-state index is 0.0356. The Morgan fingerprint density at radius 3 is 2.40 bits per heavy atom. The Balaban J connectivity index is 0.00000298. The van der Waals surface area contributed by atoms with Gasteiger partial charge in [0, 0.05) is 23.9 Å². The van der Waals surface area contributed by atoms with Crippen LogP contribution in [0.4, 0.5) is 17.6 Å². The van der Waals surface area contributed by atoms with Crippen molar-refractivity contribution in [3.63, 3.8) is 0 Å². The lowest BCUT2D eigenvalue weighted by Crippen LogP contribution is -2.34. The number of hydrogen-bond donors (Lipinski definition) is 3. The van der Waals surface area contributed by atoms with E-state index in [1.165, 1.54) is 24.4 Å². The van der Waals surface area contributed by atoms with Crippen molar-refractivity contribution in [3.8, 4) is 16.9 Å². The number of pyridine rings is 1. The fourth-order valence-electron chi connectivity index (χ4n) is 2.66. The summed E-state index contributed by atoms with van der Waals surface area (Å²) in [4.78, 5) is 29.5. The number of nitrogens with two attached hydrogens (primary N) is 1. The number of aliphatic imine (C=N–C) groups is 1. The van der Waals surface area contributed by atoms with Gasteiger partial charge in [-0.15, -0.1) is 0 Å². The molecular formula is C24H29F4N3O4. The number of H-pyrrole nitrogens is 1. The predicted octanol–water partition coefficient (Wildman–Crippen LogP) is 5.06. The fraction of sp³-hybridized carbons (Fsp3) is 0.375. The quantitative estimate of drug-likeness (QED) is 0.213. The highest BCUT2D eigenvalue weighted by atomic mass is 19.4. The van der Waals surface area contributed by atoms with Crippen LogP contribution in [-0.4, -0.2) is 34.6 Å². The Morgan fingerprint density at radius 2 is 1.86 bits per heavy atom. The van der Waals surface area contributed by atoms with Crippen molar-refractivity contribution in [1.29, 1.82) is 0 Å². The number of aliphatic hydroxyl groups is 1. The predicted molar refractivity (Wildman–Crippen MR) is 126 cm³/mol. The van der Waals surface area contributed by atoms with Crippen molar-refractivity contribution in [2.24, 2.45) is 16.1 Å². The van der Waals surface area contributed by atoms with Crippen molar-refractivity contribution in [2.45, 2.75) is 47.2 Å². The van der Waals surface area contributed by atoms with E-state index >= 15 is 0 Å². The van der Waals surface area contributed by atoms with Crippen molar-refractivity contribution in [2.75, 3.05) is 6.61 Å². The van der Waals surface area contributed by atoms with Crippen LogP contribution in [0.5, 0.6) is 5.75 Å². The number of ether oxygens (including phenoxy) is 1. The molecule has 192 valence electrons. The summed E-state index contributed by atoms with van der Waals surface area (Å²) >= 11 is 0. The second kappa shape index (κ2) is 12.2. The van der Waals surface area contributed by atoms with Crippen molar-refractivity contribution >= 4 is 11.7 Å². The second-order valence-electron chi connectivity index (χ2n) is 7.57. The molecular weight excluding hydrogens is 470 g/mol. The van der Waals surface area contributed by atoms with Crippen LogP contribution in [0.25, 0.3) is 11.1 Å². The van der Waals surface area contributed by atoms with Crippen LogP contribution in [0.3, 0.4) is 0 Å². The van der Waals surface area contributed by atoms with E-state index in [-0.39, 0.29) is 23.5 Å². The topological polar surface area (TPSA) is 118 Å². The van der Waals surface area contributed by atoms with E-state index in [9.17, 15) is 32.3 Å². The van der Waals surface area contributed by atoms with E-state index in [1.807, 2.05) is 13.8 Å². The van der Waals surface area contributed by atoms with Gasteiger partial charge in [0.1, 0.15) is 28.6 Å². The summed E-state index contributed by atoms with van der Waals surface area (Å²) in [6.07, 6.45) is -3.36. The van der Waals surface area contributed by atoms with E-state index < -0.39 is 41.3 Å². The number of aromatic nitrogens is 1. The van der Waals surface area contributed by atoms with Crippen molar-refractivity contribution in [3.05, 3.63) is 64.0 Å². The first-order chi connectivity index (χ1) is 16.3. The largest absolute Gasteiger partial charge is 0.511 e. The summed E-state index contributed by atoms with van der Waals surface area (Å²) in [5.41, 5.74) is 3.25. The minimum atomic E-state index is -4.75. The monoisotopic (exact) mass is 499 g/mol. The Kier molecular flexibility index (Phi) is 10.2. The average Bonchev–Trinajstić information content (AvgIpc) is 2.76. The number of nitrogens with zero attached hydrogens (tertiary/aromatic N) is 1. The summed E-state index contributed by atoms with van der Waals surface area (Å²) in [5, 5.41) is 9.72. The SMILES string of the molecule is CC.CCOc1cc(=O)[nH]cc1-c1ccc(CC(=O)N=C(N)/C=C(\O)C(C)(C)C(F)(F)F)c(F)c1. The molecule has 1 amide bonds. The number of amides is 1. The normalized spacial score (nSPS) is 12.6. The number of halogens is 4. The summed E-state index contributed by atoms with van der Waals surface area (Å²) < 4.78 is 58.9. The molecule has 11 heteroatoms. The molecule has 0 atom stereocenters. The first kappa shape index (κ1) is 29.4. The van der Waals surface area contributed by atoms with Crippen molar-refractivity contribution in [1.82, 2.24) is 4.98 Å². The van der Waals surface area contributed by atoms with Gasteiger partial charge in [0.15, 0.2) is 0 Å². The third kappa shape index (κ3) is 7.69. The molecule has 7 nitrogen and oxygen atoms in total. The molecule has 0 radical (unpaired) electrons. The molecule has 1 heterocycles. The number of amidine groups is 1. The minimum Gasteiger partial charge on any atom is -0.511 e. The fourth-order valence-corrected chi connectivity index (χ4v) is 2.66. The number of benzene rings is 1. The molecule has 0 unspecified atom stereocenters. The summed E-state index contributed by atoms with van der Waals surface area (Å²) in [6.45, 7) is 7.50. The number of rotatable bonds is 7. The number of alkyl halides is 3. The van der Waals surface area contributed by atoms with Gasteiger partial charge in [-0.1, -0.05) is 26.0 Å². The van der Waals surface area contributed by atoms with Crippen LogP contribution in [0.1, 0.15) is 40.2 Å². The number of aliphatic hydroxyl groups excluding tert-OH is 1. The van der Waals surface area contributed by atoms with Crippen LogP contribution in [0.15, 0.2) is 52.1 Å². The van der Waals surface area contributed by atoms with E-state index in [1.54, 1.807) is 6.92 Å². The molecule has 1 aromatic heterocycles. The first-order valence-corrected chi connectivity index (χ1v) is 10.8. The van der Waals surface area contributed by atoms with Gasteiger partial charge < -0.3 is 20.6 Å². The zero-order valence-corrected chi connectivity index (χ0v) is 20.1. The number of hydrogen-bond acceptors (Lipinski definition) is 4. The van der Waals surface area contributed by atoms with Gasteiger partial charge in [-0.3, -0.25) is 9.59 Å². The van der Waals surface area contributed by atoms with Gasteiger partial charge in [-0.25, -0.2) is 4.39 Å². The van der Waals surface area contributed by atoms with E-state index in [4.69, 9.17) is 10.5 Å². The second-order valence-corrected chi connectivity index (χ2v) is 7.57. The molecule has 2 rings (SSSR count). The summed E-state index contributed by atoms with van der Waals surface area (Å²) in [7, 11) is 0. The van der Waals surface area contributed by atoms with Gasteiger partial charge >= 0.3 is 6.18 Å². The highest BCUT2D eigenvalue weighted by molar-refractivity contribution is 6.00. The number of carbonyl (C=O) groups is 1. The third-order valence-corrected chi connectivity index (χ3v) is 4.78. The molecule has 0 spiro atoms. The molecule has 0 aliphatic rings. The van der Waals surface area contributed by atoms with E-state index in [0.717, 1.165) is 19.9 Å². The molecule has 1 aromatic carbocycles. The molecule has 35 heavy (non-hydrogen) atoms. The van der Waals surface area contributed by atoms with E-state index in [2.05, 4.69) is 9.98 Å². The third-order valence-electron chi connectivity index (χ3n) is 4.78. The maximum absolute atomic E-state index is 14.6. The lowest BCUT2D eigenvalue weighted by molar-refractivity contribution is -0.206. The van der Waals surface area contributed by atoms with Crippen LogP contribution < -0.4 is 16.0 Å². The van der Waals surface area contributed by atoms with Gasteiger partial charge in [0.05, 0.1) is 13.0 Å². The van der Waals surface area contributed by atoms with Gasteiger partial charge in [-0.2, -0.15) is 18.2 Å². The van der Waals surface area contributed by atoms with E-state index in [0.29, 0.717) is 17.2 Å². The number of nitrogens with one attached hydrogen (secondary N) is 1. The molecule has 0 bridgehead atoms. The molecule has 4 N–H and O–H groups in total. The van der Waals surface area contributed by atoms with Crippen LogP contribution >= 0.6 is 0 Å². The highest BCUT2D eigenvalue weighted by Gasteiger charge is 2.50. The lowest BCUT2D eigenvalue weighted by atomic mass is 9.89. The zero-order valence-electron chi connectivity index (χ0n) is 20.1. The number of allylic oxidation sites excluding steroid dienone is 1. The molecule has 0 aliphatic carbocycles. The van der Waals surface area contributed by atoms with Gasteiger partial charge in [-0.05, 0) is 38.0 Å². The zero-order chi connectivity index (χ0) is 27.0. The maximum atomic E-state index is 14.6. The number of carbonyl (C=O) groups excluding carboxylic acids is 1. The van der Waals surface area contributed by atoms with Gasteiger partial charge in [0.2, 0.25) is 0 Å². The Bertz CT molecular complexity index is 1150. The molecule has 0 aliphatic heterocycles. The molecule has 0 saturated carbocycles. The lowest BCUT2D eigenvalue weighted by Gasteiger charge is -2.26. The number of aromatic amines is 1. The Morgan fingerprint density at radius 1 is 1.23 bits per heavy atom. The van der Waals surface area contributed by atoms with Crippen LogP contribution in [0, 0.1) is 11.2 Å². The van der Waals surface area contributed by atoms with Crippen molar-refractivity contribution < 1.29 is 32.2 Å². The standard InChI is InChI=1S/C22H23F4N3O4.C2H6/c1-4-33-16-9-19(31)28-11-14(16)12-5-6-13(15(23)7-12)8-20(32)29-18(27)10-17(30)21(2,3)22(24,25)26;1-2/h5-7,9-11,30H,4,8H2,1-3H3,(H,28,31)(H2,27,29,32);1-2H3/b17-10-;. The summed E-state index contributed by atoms with van der Waals surface area (Å²) in [5.74, 6) is -3.19. The molecule has 0 saturated heterocycles. The Labute approximate surface area is 200 Å². The Hall–Kier alpha value is -3.63. The maximum Gasteiger partial charge on any atom is 0.400 e. The average molecular weight is 500 g/mol. The first-order valence-electron chi connectivity index (χ1n) is 10.8. The molecule has 2 aromatic rings. The van der Waals surface area contributed by atoms with Gasteiger partial charge in [0.25, 0.3) is 11.5 Å². The summed E-state index contributed by atoms with van der Waals surface area (Å²) in [6, 6.07) is 5.21. The van der Waals surface area contributed by atoms with Crippen LogP contribution in [-0.2, 0) is 11.2 Å².